The van der Waals surface area contributed by atoms with Gasteiger partial charge < -0.3 is 18.9 Å². The largest absolute Gasteiger partial charge is 0.494 e. The van der Waals surface area contributed by atoms with Crippen LogP contribution in [0.5, 0.6) is 0 Å². The fourth-order valence-electron chi connectivity index (χ4n) is 3.01. The van der Waals surface area contributed by atoms with Crippen LogP contribution in [0.3, 0.4) is 0 Å². The van der Waals surface area contributed by atoms with Crippen molar-refractivity contribution >= 4 is 18.0 Å². The van der Waals surface area contributed by atoms with Gasteiger partial charge in [-0.3, -0.25) is 4.90 Å². The molecular formula is C21H25NO7. The van der Waals surface area contributed by atoms with Crippen LogP contribution in [0, 0.1) is 0 Å². The van der Waals surface area contributed by atoms with Crippen molar-refractivity contribution < 1.29 is 33.3 Å². The number of ether oxygens (including phenoxy) is 4. The second-order valence-corrected chi connectivity index (χ2v) is 5.99. The Morgan fingerprint density at radius 1 is 0.966 bits per heavy atom. The van der Waals surface area contributed by atoms with E-state index in [1.54, 1.807) is 13.8 Å². The summed E-state index contributed by atoms with van der Waals surface area (Å²) in [7, 11) is 2.62. The fourth-order valence-corrected chi connectivity index (χ4v) is 3.01. The summed E-state index contributed by atoms with van der Waals surface area (Å²) in [6.45, 7) is 3.75. The molecule has 156 valence electrons. The van der Waals surface area contributed by atoms with Crippen molar-refractivity contribution in [3.63, 3.8) is 0 Å². The number of nitrogens with zero attached hydrogens (tertiary/aromatic N) is 1. The zero-order valence-corrected chi connectivity index (χ0v) is 17.0. The molecule has 1 aromatic rings. The molecule has 0 N–H and O–H groups in total. The standard InChI is InChI=1S/C21H25NO7/c1-5-28-19(23)15-12-16(18(26-3)17(15)20(24)29-6-2)22(21(25)27-4)13-14-10-8-7-9-11-14/h7-11H,5-6,12-13H2,1-4H3. The smallest absolute Gasteiger partial charge is 0.414 e. The number of amides is 1. The van der Waals surface area contributed by atoms with Gasteiger partial charge in [0.25, 0.3) is 0 Å². The molecule has 0 unspecified atom stereocenters. The van der Waals surface area contributed by atoms with E-state index in [1.165, 1.54) is 19.1 Å². The van der Waals surface area contributed by atoms with E-state index < -0.39 is 18.0 Å². The van der Waals surface area contributed by atoms with Crippen LogP contribution >= 0.6 is 0 Å². The zero-order chi connectivity index (χ0) is 21.4. The van der Waals surface area contributed by atoms with Gasteiger partial charge in [0.2, 0.25) is 0 Å². The van der Waals surface area contributed by atoms with Crippen LogP contribution < -0.4 is 0 Å². The number of esters is 2. The van der Waals surface area contributed by atoms with Gasteiger partial charge in [0.15, 0.2) is 5.76 Å². The maximum Gasteiger partial charge on any atom is 0.414 e. The molecule has 29 heavy (non-hydrogen) atoms. The Morgan fingerprint density at radius 2 is 1.59 bits per heavy atom. The third-order valence-corrected chi connectivity index (χ3v) is 4.25. The molecule has 0 radical (unpaired) electrons. The van der Waals surface area contributed by atoms with Gasteiger partial charge in [-0.1, -0.05) is 30.3 Å². The quantitative estimate of drug-likeness (QED) is 0.487. The predicted octanol–water partition coefficient (Wildman–Crippen LogP) is 2.94. The van der Waals surface area contributed by atoms with Crippen LogP contribution in [0.1, 0.15) is 25.8 Å². The highest BCUT2D eigenvalue weighted by Crippen LogP contribution is 2.37. The molecule has 0 atom stereocenters. The second kappa shape index (κ2) is 10.3. The number of hydrogen-bond donors (Lipinski definition) is 0. The Labute approximate surface area is 169 Å². The molecule has 2 rings (SSSR count). The highest BCUT2D eigenvalue weighted by atomic mass is 16.5. The average molecular weight is 403 g/mol. The number of allylic oxidation sites excluding steroid dienone is 1. The summed E-state index contributed by atoms with van der Waals surface area (Å²) in [5, 5.41) is 0. The Morgan fingerprint density at radius 3 is 2.14 bits per heavy atom. The molecule has 0 saturated heterocycles. The van der Waals surface area contributed by atoms with E-state index in [0.717, 1.165) is 5.56 Å². The van der Waals surface area contributed by atoms with Gasteiger partial charge in [0.1, 0.15) is 5.57 Å². The third-order valence-electron chi connectivity index (χ3n) is 4.25. The summed E-state index contributed by atoms with van der Waals surface area (Å²) in [4.78, 5) is 38.9. The van der Waals surface area contributed by atoms with Gasteiger partial charge in [-0.2, -0.15) is 0 Å². The summed E-state index contributed by atoms with van der Waals surface area (Å²) < 4.78 is 20.5. The Hall–Kier alpha value is -3.29. The first-order valence-corrected chi connectivity index (χ1v) is 9.22. The van der Waals surface area contributed by atoms with Crippen molar-refractivity contribution in [3.05, 3.63) is 58.5 Å². The monoisotopic (exact) mass is 403 g/mol. The normalized spacial score (nSPS) is 13.2. The molecule has 0 heterocycles. The lowest BCUT2D eigenvalue weighted by atomic mass is 10.1. The second-order valence-electron chi connectivity index (χ2n) is 5.99. The lowest BCUT2D eigenvalue weighted by Gasteiger charge is -2.24. The first-order chi connectivity index (χ1) is 14.0. The van der Waals surface area contributed by atoms with E-state index in [4.69, 9.17) is 18.9 Å². The van der Waals surface area contributed by atoms with Crippen molar-refractivity contribution in [2.24, 2.45) is 0 Å². The van der Waals surface area contributed by atoms with Crippen LogP contribution in [0.25, 0.3) is 0 Å². The fraction of sp³-hybridized carbons (Fsp3) is 0.381. The van der Waals surface area contributed by atoms with Crippen molar-refractivity contribution in [1.82, 2.24) is 4.90 Å². The number of hydrogen-bond acceptors (Lipinski definition) is 7. The minimum absolute atomic E-state index is 0.0297. The minimum Gasteiger partial charge on any atom is -0.494 e. The summed E-state index contributed by atoms with van der Waals surface area (Å²) in [6.07, 6.45) is -0.676. The van der Waals surface area contributed by atoms with E-state index in [9.17, 15) is 14.4 Å². The van der Waals surface area contributed by atoms with E-state index in [0.29, 0.717) is 5.70 Å². The average Bonchev–Trinajstić information content (AvgIpc) is 3.12. The van der Waals surface area contributed by atoms with Crippen LogP contribution in [0.15, 0.2) is 52.9 Å². The Balaban J connectivity index is 2.52. The van der Waals surface area contributed by atoms with E-state index in [1.807, 2.05) is 30.3 Å². The predicted molar refractivity (Wildman–Crippen MR) is 103 cm³/mol. The van der Waals surface area contributed by atoms with Gasteiger partial charge in [0, 0.05) is 6.42 Å². The number of carbonyl (C=O) groups excluding carboxylic acids is 3. The van der Waals surface area contributed by atoms with Gasteiger partial charge in [-0.15, -0.1) is 0 Å². The van der Waals surface area contributed by atoms with Gasteiger partial charge in [-0.25, -0.2) is 14.4 Å². The number of carbonyl (C=O) groups is 3. The molecule has 1 aromatic carbocycles. The van der Waals surface area contributed by atoms with Crippen LogP contribution in [-0.2, 0) is 35.1 Å². The van der Waals surface area contributed by atoms with Crippen molar-refractivity contribution in [2.45, 2.75) is 26.8 Å². The SMILES string of the molecule is CCOC(=O)C1=C(C(=O)OCC)C(OC)=C(N(Cc2ccccc2)C(=O)OC)C1. The van der Waals surface area contributed by atoms with Crippen LogP contribution in [0.2, 0.25) is 0 Å². The molecule has 8 nitrogen and oxygen atoms in total. The lowest BCUT2D eigenvalue weighted by molar-refractivity contribution is -0.141. The molecule has 1 amide bonds. The van der Waals surface area contributed by atoms with Gasteiger partial charge >= 0.3 is 18.0 Å². The topological polar surface area (TPSA) is 91.4 Å². The summed E-state index contributed by atoms with van der Waals surface area (Å²) in [5.41, 5.74) is 1.21. The summed E-state index contributed by atoms with van der Waals surface area (Å²) in [6, 6.07) is 9.25. The third kappa shape index (κ3) is 4.96. The number of rotatable bonds is 8. The molecule has 0 aliphatic heterocycles. The molecule has 0 bridgehead atoms. The molecule has 0 saturated carbocycles. The molecule has 0 aromatic heterocycles. The summed E-state index contributed by atoms with van der Waals surface area (Å²) >= 11 is 0. The molecule has 0 spiro atoms. The number of benzene rings is 1. The maximum atomic E-state index is 12.6. The maximum absolute atomic E-state index is 12.6. The Bertz CT molecular complexity index is 827. The first-order valence-electron chi connectivity index (χ1n) is 9.22. The minimum atomic E-state index is -0.716. The van der Waals surface area contributed by atoms with Crippen molar-refractivity contribution in [1.29, 1.82) is 0 Å². The van der Waals surface area contributed by atoms with E-state index >= 15 is 0 Å². The molecule has 8 heteroatoms. The summed E-state index contributed by atoms with van der Waals surface area (Å²) in [5.74, 6) is -1.29. The van der Waals surface area contributed by atoms with Crippen molar-refractivity contribution in [3.8, 4) is 0 Å². The van der Waals surface area contributed by atoms with Gasteiger partial charge in [-0.05, 0) is 19.4 Å². The molecule has 1 aliphatic carbocycles. The zero-order valence-electron chi connectivity index (χ0n) is 17.0. The molecule has 0 fully saturated rings. The van der Waals surface area contributed by atoms with E-state index in [2.05, 4.69) is 0 Å². The van der Waals surface area contributed by atoms with Gasteiger partial charge in [0.05, 0.1) is 45.2 Å². The highest BCUT2D eigenvalue weighted by Gasteiger charge is 2.39. The molecule has 1 aliphatic rings. The first kappa shape index (κ1) is 22.0. The Kier molecular flexibility index (Phi) is 7.82. The number of methoxy groups -OCH3 is 2. The van der Waals surface area contributed by atoms with Crippen LogP contribution in [-0.4, -0.2) is 50.4 Å². The lowest BCUT2D eigenvalue weighted by Crippen LogP contribution is -2.30. The highest BCUT2D eigenvalue weighted by molar-refractivity contribution is 6.05. The van der Waals surface area contributed by atoms with Crippen LogP contribution in [0.4, 0.5) is 4.79 Å². The molecular weight excluding hydrogens is 378 g/mol. The van der Waals surface area contributed by atoms with E-state index in [-0.39, 0.29) is 43.1 Å². The van der Waals surface area contributed by atoms with Crippen molar-refractivity contribution in [2.75, 3.05) is 27.4 Å².